The van der Waals surface area contributed by atoms with Crippen molar-refractivity contribution in [3.8, 4) is 0 Å². The van der Waals surface area contributed by atoms with Gasteiger partial charge < -0.3 is 9.32 Å². The molecule has 0 aliphatic carbocycles. The first-order valence-electron chi connectivity index (χ1n) is 9.61. The molecule has 1 atom stereocenters. The quantitative estimate of drug-likeness (QED) is 0.374. The van der Waals surface area contributed by atoms with Crippen molar-refractivity contribution in [2.45, 2.75) is 19.4 Å². The van der Waals surface area contributed by atoms with Gasteiger partial charge in [0.1, 0.15) is 10.6 Å². The van der Waals surface area contributed by atoms with Crippen molar-refractivity contribution in [3.05, 3.63) is 77.5 Å². The number of furan rings is 1. The number of thiazole rings is 1. The maximum atomic E-state index is 13.1. The van der Waals surface area contributed by atoms with Gasteiger partial charge in [-0.05, 0) is 35.9 Å². The molecular formula is C24H20N2O2S. The van der Waals surface area contributed by atoms with E-state index in [9.17, 15) is 4.79 Å². The van der Waals surface area contributed by atoms with Crippen LogP contribution < -0.4 is 0 Å². The highest BCUT2D eigenvalue weighted by molar-refractivity contribution is 7.18. The van der Waals surface area contributed by atoms with Gasteiger partial charge in [-0.1, -0.05) is 42.5 Å². The highest BCUT2D eigenvalue weighted by Gasteiger charge is 2.22. The molecule has 3 aromatic carbocycles. The number of hydrogen-bond acceptors (Lipinski definition) is 4. The fraction of sp³-hybridized carbons (Fsp3) is 0.167. The van der Waals surface area contributed by atoms with Crippen molar-refractivity contribution >= 4 is 49.2 Å². The van der Waals surface area contributed by atoms with Crippen molar-refractivity contribution in [2.75, 3.05) is 7.05 Å². The molecule has 0 bridgehead atoms. The van der Waals surface area contributed by atoms with Crippen molar-refractivity contribution in [3.63, 3.8) is 0 Å². The number of hydrogen-bond donors (Lipinski definition) is 0. The summed E-state index contributed by atoms with van der Waals surface area (Å²) >= 11 is 1.64. The van der Waals surface area contributed by atoms with E-state index >= 15 is 0 Å². The number of likely N-dealkylation sites (N-methyl/N-ethyl adjacent to an activating group) is 1. The highest BCUT2D eigenvalue weighted by atomic mass is 32.1. The zero-order valence-electron chi connectivity index (χ0n) is 16.3. The first-order chi connectivity index (χ1) is 14.1. The van der Waals surface area contributed by atoms with Crippen molar-refractivity contribution < 1.29 is 9.21 Å². The zero-order valence-corrected chi connectivity index (χ0v) is 17.1. The lowest BCUT2D eigenvalue weighted by Crippen LogP contribution is -2.30. The van der Waals surface area contributed by atoms with Crippen molar-refractivity contribution in [2.24, 2.45) is 0 Å². The van der Waals surface area contributed by atoms with E-state index in [-0.39, 0.29) is 11.9 Å². The Morgan fingerprint density at radius 1 is 1.10 bits per heavy atom. The van der Waals surface area contributed by atoms with E-state index in [1.165, 1.54) is 0 Å². The normalized spacial score (nSPS) is 12.6. The van der Waals surface area contributed by atoms with Crippen LogP contribution in [0.4, 0.5) is 0 Å². The lowest BCUT2D eigenvalue weighted by atomic mass is 10.0. The zero-order chi connectivity index (χ0) is 20.0. The molecule has 0 aliphatic rings. The second kappa shape index (κ2) is 7.01. The molecule has 0 aliphatic heterocycles. The molecule has 1 amide bonds. The Balaban J connectivity index is 1.44. The molecule has 144 valence electrons. The van der Waals surface area contributed by atoms with Gasteiger partial charge in [0, 0.05) is 18.0 Å². The van der Waals surface area contributed by atoms with Crippen molar-refractivity contribution in [1.82, 2.24) is 9.88 Å². The van der Waals surface area contributed by atoms with Crippen LogP contribution in [0.2, 0.25) is 0 Å². The van der Waals surface area contributed by atoms with E-state index in [4.69, 9.17) is 9.40 Å². The number of fused-ring (bicyclic) bond motifs is 4. The van der Waals surface area contributed by atoms with Crippen LogP contribution in [0.5, 0.6) is 0 Å². The van der Waals surface area contributed by atoms with Crippen LogP contribution >= 0.6 is 11.3 Å². The van der Waals surface area contributed by atoms with Gasteiger partial charge in [-0.25, -0.2) is 4.98 Å². The lowest BCUT2D eigenvalue weighted by Gasteiger charge is -2.23. The molecule has 5 aromatic rings. The highest BCUT2D eigenvalue weighted by Crippen LogP contribution is 2.32. The minimum atomic E-state index is -0.0881. The molecule has 5 heteroatoms. The van der Waals surface area contributed by atoms with Gasteiger partial charge in [-0.2, -0.15) is 0 Å². The van der Waals surface area contributed by atoms with Crippen LogP contribution in [-0.2, 0) is 11.2 Å². The summed E-state index contributed by atoms with van der Waals surface area (Å²) in [4.78, 5) is 19.6. The predicted molar refractivity (Wildman–Crippen MR) is 118 cm³/mol. The molecule has 0 saturated carbocycles. The number of nitrogens with zero attached hydrogens (tertiary/aromatic N) is 2. The van der Waals surface area contributed by atoms with E-state index in [2.05, 4.69) is 18.2 Å². The Kier molecular flexibility index (Phi) is 4.32. The van der Waals surface area contributed by atoms with Gasteiger partial charge in [-0.15, -0.1) is 11.3 Å². The molecule has 29 heavy (non-hydrogen) atoms. The maximum absolute atomic E-state index is 13.1. The summed E-state index contributed by atoms with van der Waals surface area (Å²) in [5.41, 5.74) is 2.71. The molecule has 0 radical (unpaired) electrons. The number of carbonyl (C=O) groups excluding carboxylic acids is 1. The van der Waals surface area contributed by atoms with E-state index in [1.807, 2.05) is 56.4 Å². The second-order valence-corrected chi connectivity index (χ2v) is 8.36. The number of aromatic nitrogens is 1. The number of carbonyl (C=O) groups is 1. The first-order valence-corrected chi connectivity index (χ1v) is 10.4. The second-order valence-electron chi connectivity index (χ2n) is 7.30. The lowest BCUT2D eigenvalue weighted by molar-refractivity contribution is -0.131. The predicted octanol–water partition coefficient (Wildman–Crippen LogP) is 5.96. The third-order valence-corrected chi connectivity index (χ3v) is 6.73. The number of benzene rings is 3. The Bertz CT molecular complexity index is 1320. The third-order valence-electron chi connectivity index (χ3n) is 5.52. The molecule has 4 nitrogen and oxygen atoms in total. The molecule has 0 fully saturated rings. The summed E-state index contributed by atoms with van der Waals surface area (Å²) in [6.07, 6.45) is 2.01. The monoisotopic (exact) mass is 400 g/mol. The van der Waals surface area contributed by atoms with Gasteiger partial charge >= 0.3 is 0 Å². The van der Waals surface area contributed by atoms with E-state index in [1.54, 1.807) is 22.5 Å². The summed E-state index contributed by atoms with van der Waals surface area (Å²) in [5.74, 6) is 0.0485. The topological polar surface area (TPSA) is 46.3 Å². The molecule has 0 saturated heterocycles. The first kappa shape index (κ1) is 17.9. The summed E-state index contributed by atoms with van der Waals surface area (Å²) < 4.78 is 6.88. The molecule has 0 unspecified atom stereocenters. The minimum absolute atomic E-state index is 0.0485. The summed E-state index contributed by atoms with van der Waals surface area (Å²) in [7, 11) is 1.85. The average molecular weight is 401 g/mol. The Morgan fingerprint density at radius 2 is 1.90 bits per heavy atom. The molecule has 5 rings (SSSR count). The Labute approximate surface area is 172 Å². The van der Waals surface area contributed by atoms with Crippen LogP contribution in [-0.4, -0.2) is 22.8 Å². The SMILES string of the molecule is C[C@H](c1nc2ccccc2s1)N(C)C(=O)Cc1coc2ccc3ccccc3c12. The smallest absolute Gasteiger partial charge is 0.227 e. The molecule has 0 spiro atoms. The van der Waals surface area contributed by atoms with Crippen LogP contribution in [0.1, 0.15) is 23.5 Å². The molecule has 2 heterocycles. The van der Waals surface area contributed by atoms with Gasteiger partial charge in [-0.3, -0.25) is 4.79 Å². The van der Waals surface area contributed by atoms with Gasteiger partial charge in [0.15, 0.2) is 0 Å². The van der Waals surface area contributed by atoms with E-state index < -0.39 is 0 Å². The summed E-state index contributed by atoms with van der Waals surface area (Å²) in [5, 5.41) is 4.23. The minimum Gasteiger partial charge on any atom is -0.464 e. The number of para-hydroxylation sites is 1. The van der Waals surface area contributed by atoms with E-state index in [0.29, 0.717) is 6.42 Å². The number of rotatable bonds is 4. The fourth-order valence-corrected chi connectivity index (χ4v) is 4.81. The van der Waals surface area contributed by atoms with Gasteiger partial charge in [0.05, 0.1) is 28.9 Å². The van der Waals surface area contributed by atoms with Crippen LogP contribution in [0.15, 0.2) is 71.3 Å². The van der Waals surface area contributed by atoms with E-state index in [0.717, 1.165) is 42.5 Å². The standard InChI is InChI=1S/C24H20N2O2S/c1-15(24-25-19-9-5-6-10-21(19)29-24)26(2)22(27)13-17-14-28-20-12-11-16-7-3-4-8-18(16)23(17)20/h3-12,14-15H,13H2,1-2H3/t15-/m1/s1. The molecule has 2 aromatic heterocycles. The van der Waals surface area contributed by atoms with Gasteiger partial charge in [0.2, 0.25) is 5.91 Å². The molecule has 0 N–H and O–H groups in total. The van der Waals surface area contributed by atoms with Gasteiger partial charge in [0.25, 0.3) is 0 Å². The molecular weight excluding hydrogens is 380 g/mol. The maximum Gasteiger partial charge on any atom is 0.227 e. The van der Waals surface area contributed by atoms with Crippen LogP contribution in [0.3, 0.4) is 0 Å². The Hall–Kier alpha value is -3.18. The van der Waals surface area contributed by atoms with Crippen LogP contribution in [0.25, 0.3) is 32.0 Å². The Morgan fingerprint density at radius 3 is 2.76 bits per heavy atom. The summed E-state index contributed by atoms with van der Waals surface area (Å²) in [6.45, 7) is 2.03. The average Bonchev–Trinajstić information content (AvgIpc) is 3.37. The summed E-state index contributed by atoms with van der Waals surface area (Å²) in [6, 6.07) is 20.2. The number of amides is 1. The van der Waals surface area contributed by atoms with Crippen LogP contribution in [0, 0.1) is 0 Å². The van der Waals surface area contributed by atoms with Crippen molar-refractivity contribution in [1.29, 1.82) is 0 Å². The third kappa shape index (κ3) is 3.08. The fourth-order valence-electron chi connectivity index (χ4n) is 3.74. The largest absolute Gasteiger partial charge is 0.464 e.